The fraction of sp³-hybridized carbons (Fsp3) is 0.423. The first kappa shape index (κ1) is 58.6. The Morgan fingerprint density at radius 3 is 1.08 bits per heavy atom. The van der Waals surface area contributed by atoms with Crippen molar-refractivity contribution in [2.24, 2.45) is 11.8 Å². The molecule has 2 aliphatic rings. The molecular formula is C52H49Cl2F15SiZr. The fourth-order valence-corrected chi connectivity index (χ4v) is 9.80. The van der Waals surface area contributed by atoms with Crippen LogP contribution in [-0.4, -0.2) is 15.7 Å². The molecule has 0 nitrogen and oxygen atoms in total. The topological polar surface area (TPSA) is 0 Å². The first-order chi connectivity index (χ1) is 33.2. The molecule has 0 unspecified atom stereocenters. The summed E-state index contributed by atoms with van der Waals surface area (Å²) in [4.78, 5) is 0. The molecule has 0 aliphatic heterocycles. The monoisotopic (exact) mass is 1150 g/mol. The molecule has 0 amide bonds. The summed E-state index contributed by atoms with van der Waals surface area (Å²) in [6, 6.07) is 21.9. The molecule has 0 bridgehead atoms. The SMILES string of the molecule is C[Si]CCC(F)(F)F.FC(F)(F)c1cc(-c2cccc3[cH-]c(CC4CCCCC4)cc23)cc(C(F)(F)F)c1.FC(F)(F)c1cc(-c2cccc3[cH-]c(CC4CCCCC4)cc23)cc(C(F)(F)F)c1.[Cl][Zr+2][Cl]. The summed E-state index contributed by atoms with van der Waals surface area (Å²) in [5.74, 6) is 1.17. The first-order valence-corrected chi connectivity index (χ1v) is 30.9. The fourth-order valence-electron chi connectivity index (χ4n) is 9.27. The third kappa shape index (κ3) is 17.7. The molecule has 2 fully saturated rings. The minimum atomic E-state index is -4.86. The van der Waals surface area contributed by atoms with Crippen LogP contribution in [0.15, 0.2) is 97.1 Å². The van der Waals surface area contributed by atoms with Crippen LogP contribution in [0.25, 0.3) is 43.8 Å². The summed E-state index contributed by atoms with van der Waals surface area (Å²) in [5.41, 5.74) is -2.36. The van der Waals surface area contributed by atoms with E-state index in [0.29, 0.717) is 43.3 Å². The summed E-state index contributed by atoms with van der Waals surface area (Å²) in [5, 5.41) is 3.06. The van der Waals surface area contributed by atoms with Gasteiger partial charge in [0.1, 0.15) is 0 Å². The summed E-state index contributed by atoms with van der Waals surface area (Å²) >= 11 is -0.826. The zero-order valence-electron chi connectivity index (χ0n) is 38.2. The van der Waals surface area contributed by atoms with Crippen molar-refractivity contribution >= 4 is 48.1 Å². The van der Waals surface area contributed by atoms with Crippen LogP contribution < -0.4 is 0 Å². The molecule has 6 aromatic rings. The van der Waals surface area contributed by atoms with Crippen LogP contribution in [0.1, 0.15) is 104 Å². The van der Waals surface area contributed by atoms with Gasteiger partial charge >= 0.3 is 68.8 Å². The van der Waals surface area contributed by atoms with E-state index in [4.69, 9.17) is 17.0 Å². The van der Waals surface area contributed by atoms with Gasteiger partial charge in [-0.25, -0.2) is 0 Å². The van der Waals surface area contributed by atoms with Gasteiger partial charge in [0.2, 0.25) is 0 Å². The van der Waals surface area contributed by atoms with Gasteiger partial charge in [0, 0.05) is 15.9 Å². The van der Waals surface area contributed by atoms with E-state index < -0.39 is 80.4 Å². The molecule has 384 valence electrons. The molecule has 6 aromatic carbocycles. The molecule has 19 heteroatoms. The molecule has 0 saturated heterocycles. The average Bonchev–Trinajstić information content (AvgIpc) is 3.91. The maximum absolute atomic E-state index is 13.3. The molecule has 8 rings (SSSR count). The summed E-state index contributed by atoms with van der Waals surface area (Å²) < 4.78 is 193. The van der Waals surface area contributed by atoms with Crippen LogP contribution in [0.2, 0.25) is 12.6 Å². The molecule has 0 aromatic heterocycles. The van der Waals surface area contributed by atoms with Gasteiger partial charge in [0.25, 0.3) is 0 Å². The van der Waals surface area contributed by atoms with Gasteiger partial charge in [0.15, 0.2) is 0 Å². The van der Waals surface area contributed by atoms with E-state index in [1.54, 1.807) is 30.8 Å². The van der Waals surface area contributed by atoms with Gasteiger partial charge in [-0.2, -0.15) is 78.0 Å². The molecule has 71 heavy (non-hydrogen) atoms. The predicted octanol–water partition coefficient (Wildman–Crippen LogP) is 20.3. The van der Waals surface area contributed by atoms with Crippen molar-refractivity contribution < 1.29 is 86.7 Å². The second-order valence-electron chi connectivity index (χ2n) is 17.9. The molecule has 0 heterocycles. The van der Waals surface area contributed by atoms with Gasteiger partial charge < -0.3 is 0 Å². The van der Waals surface area contributed by atoms with E-state index >= 15 is 0 Å². The van der Waals surface area contributed by atoms with Gasteiger partial charge in [-0.1, -0.05) is 100 Å². The Labute approximate surface area is 423 Å². The van der Waals surface area contributed by atoms with Crippen LogP contribution in [0.5, 0.6) is 0 Å². The number of rotatable bonds is 8. The zero-order chi connectivity index (χ0) is 52.4. The van der Waals surface area contributed by atoms with Crippen LogP contribution >= 0.6 is 17.0 Å². The van der Waals surface area contributed by atoms with Crippen molar-refractivity contribution in [3.8, 4) is 22.3 Å². The number of fused-ring (bicyclic) bond motifs is 2. The Kier molecular flexibility index (Phi) is 20.9. The van der Waals surface area contributed by atoms with Gasteiger partial charge in [0.05, 0.1) is 22.3 Å². The Morgan fingerprint density at radius 2 is 0.817 bits per heavy atom. The quantitative estimate of drug-likeness (QED) is 0.0809. The first-order valence-electron chi connectivity index (χ1n) is 22.8. The van der Waals surface area contributed by atoms with E-state index in [1.165, 1.54) is 38.5 Å². The molecule has 2 radical (unpaired) electrons. The Hall–Kier alpha value is -3.27. The van der Waals surface area contributed by atoms with E-state index in [2.05, 4.69) is 0 Å². The molecule has 0 atom stereocenters. The van der Waals surface area contributed by atoms with E-state index in [9.17, 15) is 65.9 Å². The summed E-state index contributed by atoms with van der Waals surface area (Å²) in [7, 11) is 10.3. The molecule has 2 aliphatic carbocycles. The number of alkyl halides is 15. The van der Waals surface area contributed by atoms with Gasteiger partial charge in [-0.15, -0.1) is 69.1 Å². The number of hydrogen-bond donors (Lipinski definition) is 0. The number of halogens is 17. The standard InChI is InChI=1S/2C24H21F6.C4H7F3Si.2ClH.Zr/c2*25-23(26,27)19-12-18(13-20(14-19)24(28,29)30)21-8-4-7-17-10-16(11-22(17)21)9-15-5-2-1-3-6-15;1-8-3-2-4(5,6)7;;;/h2*4,7-8,10-15H,1-3,5-6,9H2;2-3H2,1H3;2*1H;/q2*-1;;;;+4/p-2. The molecule has 0 spiro atoms. The van der Waals surface area contributed by atoms with E-state index in [1.807, 2.05) is 36.4 Å². The molecule has 2 saturated carbocycles. The van der Waals surface area contributed by atoms with Crippen molar-refractivity contribution in [2.45, 2.75) is 127 Å². The summed E-state index contributed by atoms with van der Waals surface area (Å²) in [6.07, 6.45) is -10.2. The van der Waals surface area contributed by atoms with Gasteiger partial charge in [-0.3, -0.25) is 0 Å². The average molecular weight is 1150 g/mol. The number of hydrogen-bond acceptors (Lipinski definition) is 0. The Morgan fingerprint density at radius 1 is 0.493 bits per heavy atom. The summed E-state index contributed by atoms with van der Waals surface area (Å²) in [6.45, 7) is 1.77. The predicted molar refractivity (Wildman–Crippen MR) is 249 cm³/mol. The van der Waals surface area contributed by atoms with Crippen molar-refractivity contribution in [2.75, 3.05) is 0 Å². The third-order valence-electron chi connectivity index (χ3n) is 12.6. The Bertz CT molecular complexity index is 2370. The van der Waals surface area contributed by atoms with Gasteiger partial charge in [-0.05, 0) is 72.2 Å². The number of benzene rings is 4. The van der Waals surface area contributed by atoms with Crippen molar-refractivity contribution in [1.29, 1.82) is 0 Å². The second-order valence-corrected chi connectivity index (χ2v) is 22.8. The van der Waals surface area contributed by atoms with Crippen LogP contribution in [0, 0.1) is 11.8 Å². The van der Waals surface area contributed by atoms with E-state index in [-0.39, 0.29) is 29.3 Å². The normalized spacial score (nSPS) is 15.3. The molecular weight excluding hydrogens is 1100 g/mol. The van der Waals surface area contributed by atoms with Crippen molar-refractivity contribution in [3.63, 3.8) is 0 Å². The van der Waals surface area contributed by atoms with Crippen LogP contribution in [0.4, 0.5) is 65.9 Å². The van der Waals surface area contributed by atoms with E-state index in [0.717, 1.165) is 84.7 Å². The third-order valence-corrected chi connectivity index (χ3v) is 13.3. The van der Waals surface area contributed by atoms with Crippen LogP contribution in [-0.2, 0) is 58.4 Å². The minimum absolute atomic E-state index is 0.0717. The Balaban J connectivity index is 0.000000219. The molecule has 0 N–H and O–H groups in total. The second kappa shape index (κ2) is 25.3. The van der Waals surface area contributed by atoms with Crippen LogP contribution in [0.3, 0.4) is 0 Å². The van der Waals surface area contributed by atoms with Crippen molar-refractivity contribution in [1.82, 2.24) is 0 Å². The maximum atomic E-state index is 13.3. The van der Waals surface area contributed by atoms with Crippen molar-refractivity contribution in [3.05, 3.63) is 130 Å². The zero-order valence-corrected chi connectivity index (χ0v) is 43.2.